The minimum atomic E-state index is -0.503. The third-order valence-corrected chi connectivity index (χ3v) is 2.48. The van der Waals surface area contributed by atoms with E-state index in [0.29, 0.717) is 5.82 Å². The number of halogens is 1. The van der Waals surface area contributed by atoms with Gasteiger partial charge in [0.25, 0.3) is 5.56 Å². The van der Waals surface area contributed by atoms with E-state index in [1.807, 2.05) is 0 Å². The van der Waals surface area contributed by atoms with Gasteiger partial charge in [0.05, 0.1) is 11.6 Å². The Morgan fingerprint density at radius 3 is 2.94 bits per heavy atom. The minimum absolute atomic E-state index is 0.0771. The number of benzene rings is 1. The lowest BCUT2D eigenvalue weighted by Gasteiger charge is -2.03. The van der Waals surface area contributed by atoms with Crippen molar-refractivity contribution in [2.24, 2.45) is 0 Å². The van der Waals surface area contributed by atoms with Gasteiger partial charge in [0.15, 0.2) is 0 Å². The number of aromatic amines is 1. The van der Waals surface area contributed by atoms with Gasteiger partial charge in [-0.1, -0.05) is 6.07 Å². The van der Waals surface area contributed by atoms with E-state index < -0.39 is 5.82 Å². The molecule has 84 valence electrons. The van der Waals surface area contributed by atoms with E-state index >= 15 is 0 Å². The van der Waals surface area contributed by atoms with Crippen LogP contribution in [0, 0.1) is 5.82 Å². The minimum Gasteiger partial charge on any atom is -0.268 e. The van der Waals surface area contributed by atoms with Gasteiger partial charge < -0.3 is 0 Å². The second-order valence-corrected chi connectivity index (χ2v) is 3.50. The van der Waals surface area contributed by atoms with Crippen LogP contribution in [0.3, 0.4) is 0 Å². The van der Waals surface area contributed by atoms with Gasteiger partial charge in [-0.3, -0.25) is 14.5 Å². The summed E-state index contributed by atoms with van der Waals surface area (Å²) < 4.78 is 14.7. The molecule has 0 fully saturated rings. The molecular formula is C11H7FN4O. The molecule has 1 N–H and O–H groups in total. The lowest BCUT2D eigenvalue weighted by atomic mass is 10.2. The van der Waals surface area contributed by atoms with Gasteiger partial charge in [0, 0.05) is 6.07 Å². The highest BCUT2D eigenvalue weighted by Crippen LogP contribution is 2.11. The van der Waals surface area contributed by atoms with Gasteiger partial charge >= 0.3 is 0 Å². The Balaban J connectivity index is 2.38. The smallest absolute Gasteiger partial charge is 0.267 e. The van der Waals surface area contributed by atoms with E-state index in [4.69, 9.17) is 0 Å². The first kappa shape index (κ1) is 9.71. The van der Waals surface area contributed by atoms with Crippen LogP contribution in [0.4, 0.5) is 4.39 Å². The molecule has 0 bridgehead atoms. The number of nitrogens with zero attached hydrogens (tertiary/aromatic N) is 3. The molecule has 0 aliphatic rings. The fourth-order valence-corrected chi connectivity index (χ4v) is 1.67. The van der Waals surface area contributed by atoms with Crippen molar-refractivity contribution in [1.82, 2.24) is 19.7 Å². The lowest BCUT2D eigenvalue weighted by Crippen LogP contribution is -2.19. The summed E-state index contributed by atoms with van der Waals surface area (Å²) in [5, 5.41) is 6.64. The van der Waals surface area contributed by atoms with Gasteiger partial charge in [-0.15, -0.1) is 0 Å². The number of hydrogen-bond acceptors (Lipinski definition) is 3. The fourth-order valence-electron chi connectivity index (χ4n) is 1.67. The van der Waals surface area contributed by atoms with E-state index in [2.05, 4.69) is 15.2 Å². The van der Waals surface area contributed by atoms with Crippen LogP contribution in [0.2, 0.25) is 0 Å². The summed E-state index contributed by atoms with van der Waals surface area (Å²) in [6, 6.07) is 5.93. The summed E-state index contributed by atoms with van der Waals surface area (Å²) in [4.78, 5) is 16.0. The Hall–Kier alpha value is -2.50. The van der Waals surface area contributed by atoms with Gasteiger partial charge in [-0.05, 0) is 12.1 Å². The Morgan fingerprint density at radius 2 is 2.18 bits per heavy atom. The van der Waals surface area contributed by atoms with Crippen LogP contribution in [0.25, 0.3) is 16.7 Å². The normalized spacial score (nSPS) is 10.9. The maximum Gasteiger partial charge on any atom is 0.267 e. The van der Waals surface area contributed by atoms with E-state index in [0.717, 1.165) is 0 Å². The molecule has 0 saturated carbocycles. The van der Waals surface area contributed by atoms with Crippen molar-refractivity contribution in [3.05, 3.63) is 53.0 Å². The SMILES string of the molecule is O=c1c2cccc(F)c2ncn1-c1ccn[nH]1. The highest BCUT2D eigenvalue weighted by atomic mass is 19.1. The van der Waals surface area contributed by atoms with Crippen LogP contribution >= 0.6 is 0 Å². The molecule has 0 spiro atoms. The molecular weight excluding hydrogens is 223 g/mol. The third kappa shape index (κ3) is 1.42. The summed E-state index contributed by atoms with van der Waals surface area (Å²) in [6.07, 6.45) is 2.80. The van der Waals surface area contributed by atoms with Crippen molar-refractivity contribution in [3.63, 3.8) is 0 Å². The number of H-pyrrole nitrogens is 1. The van der Waals surface area contributed by atoms with Crippen molar-refractivity contribution in [3.8, 4) is 5.82 Å². The van der Waals surface area contributed by atoms with Crippen LogP contribution in [0.15, 0.2) is 41.6 Å². The highest BCUT2D eigenvalue weighted by Gasteiger charge is 2.08. The monoisotopic (exact) mass is 230 g/mol. The number of rotatable bonds is 1. The molecule has 6 heteroatoms. The zero-order valence-corrected chi connectivity index (χ0v) is 8.59. The molecule has 2 aromatic heterocycles. The van der Waals surface area contributed by atoms with Crippen LogP contribution in [-0.2, 0) is 0 Å². The number of hydrogen-bond donors (Lipinski definition) is 1. The molecule has 3 aromatic rings. The van der Waals surface area contributed by atoms with Crippen LogP contribution < -0.4 is 5.56 Å². The quantitative estimate of drug-likeness (QED) is 0.684. The molecule has 0 saturated heterocycles. The molecule has 5 nitrogen and oxygen atoms in total. The maximum absolute atomic E-state index is 13.4. The molecule has 1 aromatic carbocycles. The lowest BCUT2D eigenvalue weighted by molar-refractivity contribution is 0.635. The predicted octanol–water partition coefficient (Wildman–Crippen LogP) is 1.25. The summed E-state index contributed by atoms with van der Waals surface area (Å²) >= 11 is 0. The van der Waals surface area contributed by atoms with Gasteiger partial charge in [-0.25, -0.2) is 9.37 Å². The molecule has 0 atom stereocenters. The zero-order chi connectivity index (χ0) is 11.8. The van der Waals surface area contributed by atoms with Crippen molar-refractivity contribution in [2.45, 2.75) is 0 Å². The predicted molar refractivity (Wildman–Crippen MR) is 59.4 cm³/mol. The molecule has 3 rings (SSSR count). The Bertz CT molecular complexity index is 733. The molecule has 0 aliphatic carbocycles. The molecule has 0 unspecified atom stereocenters. The second-order valence-electron chi connectivity index (χ2n) is 3.50. The maximum atomic E-state index is 13.4. The number of aromatic nitrogens is 4. The number of fused-ring (bicyclic) bond motifs is 1. The Labute approximate surface area is 94.5 Å². The molecule has 2 heterocycles. The van der Waals surface area contributed by atoms with Crippen molar-refractivity contribution < 1.29 is 4.39 Å². The van der Waals surface area contributed by atoms with Gasteiger partial charge in [-0.2, -0.15) is 5.10 Å². The first-order valence-corrected chi connectivity index (χ1v) is 4.93. The average molecular weight is 230 g/mol. The van der Waals surface area contributed by atoms with Crippen LogP contribution in [0.5, 0.6) is 0 Å². The fraction of sp³-hybridized carbons (Fsp3) is 0. The Kier molecular flexibility index (Phi) is 2.01. The third-order valence-electron chi connectivity index (χ3n) is 2.48. The van der Waals surface area contributed by atoms with Crippen molar-refractivity contribution in [2.75, 3.05) is 0 Å². The van der Waals surface area contributed by atoms with Gasteiger partial charge in [0.2, 0.25) is 0 Å². The van der Waals surface area contributed by atoms with E-state index in [9.17, 15) is 9.18 Å². The largest absolute Gasteiger partial charge is 0.268 e. The topological polar surface area (TPSA) is 63.6 Å². The van der Waals surface area contributed by atoms with Gasteiger partial charge in [0.1, 0.15) is 23.5 Å². The molecule has 17 heavy (non-hydrogen) atoms. The van der Waals surface area contributed by atoms with E-state index in [1.165, 1.54) is 29.2 Å². The first-order valence-electron chi connectivity index (χ1n) is 4.93. The van der Waals surface area contributed by atoms with Crippen molar-refractivity contribution >= 4 is 10.9 Å². The van der Waals surface area contributed by atoms with E-state index in [1.54, 1.807) is 12.1 Å². The standard InChI is InChI=1S/C11H7FN4O/c12-8-3-1-2-7-10(8)13-6-16(11(7)17)9-4-5-14-15-9/h1-6H,(H,14,15). The molecule has 0 aliphatic heterocycles. The molecule has 0 radical (unpaired) electrons. The number of nitrogens with one attached hydrogen (secondary N) is 1. The first-order chi connectivity index (χ1) is 8.27. The average Bonchev–Trinajstić information content (AvgIpc) is 2.84. The van der Waals surface area contributed by atoms with Crippen LogP contribution in [-0.4, -0.2) is 19.7 Å². The zero-order valence-electron chi connectivity index (χ0n) is 8.59. The molecule has 0 amide bonds. The highest BCUT2D eigenvalue weighted by molar-refractivity contribution is 5.77. The van der Waals surface area contributed by atoms with Crippen molar-refractivity contribution in [1.29, 1.82) is 0 Å². The second kappa shape index (κ2) is 3.51. The summed E-state index contributed by atoms with van der Waals surface area (Å²) in [7, 11) is 0. The summed E-state index contributed by atoms with van der Waals surface area (Å²) in [5.74, 6) is -0.00924. The van der Waals surface area contributed by atoms with Crippen LogP contribution in [0.1, 0.15) is 0 Å². The number of para-hydroxylation sites is 1. The Morgan fingerprint density at radius 1 is 1.29 bits per heavy atom. The summed E-state index contributed by atoms with van der Waals surface area (Å²) in [5.41, 5.74) is -0.257. The summed E-state index contributed by atoms with van der Waals surface area (Å²) in [6.45, 7) is 0. The van der Waals surface area contributed by atoms with E-state index in [-0.39, 0.29) is 16.5 Å².